The first kappa shape index (κ1) is 18.0. The Balaban J connectivity index is 1.79. The summed E-state index contributed by atoms with van der Waals surface area (Å²) in [5.74, 6) is 0.0278. The summed E-state index contributed by atoms with van der Waals surface area (Å²) in [6, 6.07) is 8.05. The van der Waals surface area contributed by atoms with Gasteiger partial charge in [-0.3, -0.25) is 9.69 Å². The summed E-state index contributed by atoms with van der Waals surface area (Å²) in [4.78, 5) is 17.0. The number of hydrogen-bond acceptors (Lipinski definition) is 3. The Labute approximate surface area is 140 Å². The Morgan fingerprint density at radius 2 is 1.74 bits per heavy atom. The lowest BCUT2D eigenvalue weighted by Crippen LogP contribution is -2.46. The van der Waals surface area contributed by atoms with Crippen LogP contribution >= 0.6 is 0 Å². The molecule has 0 atom stereocenters. The van der Waals surface area contributed by atoms with Crippen molar-refractivity contribution in [2.75, 3.05) is 46.3 Å². The molecule has 0 saturated carbocycles. The number of hydrogen-bond donors (Lipinski definition) is 1. The van der Waals surface area contributed by atoms with E-state index in [4.69, 9.17) is 0 Å². The van der Waals surface area contributed by atoms with Gasteiger partial charge in [-0.2, -0.15) is 0 Å². The monoisotopic (exact) mass is 317 g/mol. The van der Waals surface area contributed by atoms with Crippen LogP contribution in [0.5, 0.6) is 0 Å². The number of nitrogens with zero attached hydrogens (tertiary/aromatic N) is 2. The van der Waals surface area contributed by atoms with Crippen LogP contribution < -0.4 is 5.32 Å². The summed E-state index contributed by atoms with van der Waals surface area (Å²) < 4.78 is 0. The first-order valence-electron chi connectivity index (χ1n) is 8.72. The maximum absolute atomic E-state index is 12.2. The third-order valence-corrected chi connectivity index (χ3v) is 5.12. The number of rotatable bonds is 6. The molecule has 1 saturated heterocycles. The Bertz CT molecular complexity index is 502. The lowest BCUT2D eigenvalue weighted by atomic mass is 9.82. The number of piperazine rings is 1. The summed E-state index contributed by atoms with van der Waals surface area (Å²) >= 11 is 0. The lowest BCUT2D eigenvalue weighted by Gasteiger charge is -2.32. The van der Waals surface area contributed by atoms with Gasteiger partial charge in [0.15, 0.2) is 0 Å². The molecule has 2 rings (SSSR count). The predicted octanol–water partition coefficient (Wildman–Crippen LogP) is 2.35. The van der Waals surface area contributed by atoms with E-state index in [9.17, 15) is 4.79 Å². The molecule has 128 valence electrons. The normalized spacial score (nSPS) is 17.2. The van der Waals surface area contributed by atoms with Crippen LogP contribution in [0.1, 0.15) is 43.1 Å². The number of benzene rings is 1. The molecule has 23 heavy (non-hydrogen) atoms. The van der Waals surface area contributed by atoms with Gasteiger partial charge in [0.2, 0.25) is 0 Å². The second-order valence-corrected chi connectivity index (χ2v) is 7.22. The van der Waals surface area contributed by atoms with Gasteiger partial charge in [-0.25, -0.2) is 0 Å². The van der Waals surface area contributed by atoms with Crippen molar-refractivity contribution < 1.29 is 4.79 Å². The molecule has 1 aliphatic rings. The third kappa shape index (κ3) is 5.05. The molecule has 0 radical (unpaired) electrons. The average Bonchev–Trinajstić information content (AvgIpc) is 2.56. The van der Waals surface area contributed by atoms with Crippen LogP contribution in [-0.4, -0.2) is 62.0 Å². The number of nitrogens with one attached hydrogen (secondary N) is 1. The standard InChI is InChI=1S/C19H31N3O/c1-5-19(2,3)17-8-6-16(7-9-17)18(23)20-10-11-22-14-12-21(4)13-15-22/h6-9H,5,10-15H2,1-4H3,(H,20,23). The molecule has 1 heterocycles. The summed E-state index contributed by atoms with van der Waals surface area (Å²) in [5.41, 5.74) is 2.20. The Morgan fingerprint density at radius 1 is 1.13 bits per heavy atom. The summed E-state index contributed by atoms with van der Waals surface area (Å²) in [5, 5.41) is 3.04. The maximum Gasteiger partial charge on any atom is 0.251 e. The molecule has 0 aliphatic carbocycles. The van der Waals surface area contributed by atoms with Gasteiger partial charge in [-0.15, -0.1) is 0 Å². The van der Waals surface area contributed by atoms with E-state index in [1.54, 1.807) is 0 Å². The summed E-state index contributed by atoms with van der Waals surface area (Å²) in [7, 11) is 2.16. The van der Waals surface area contributed by atoms with Gasteiger partial charge in [0.25, 0.3) is 5.91 Å². The highest BCUT2D eigenvalue weighted by atomic mass is 16.1. The number of carbonyl (C=O) groups excluding carboxylic acids is 1. The number of amides is 1. The topological polar surface area (TPSA) is 35.6 Å². The van der Waals surface area contributed by atoms with E-state index in [0.717, 1.165) is 44.7 Å². The van der Waals surface area contributed by atoms with Crippen molar-refractivity contribution in [3.63, 3.8) is 0 Å². The van der Waals surface area contributed by atoms with Crippen molar-refractivity contribution in [2.24, 2.45) is 0 Å². The van der Waals surface area contributed by atoms with Crippen LogP contribution in [0.25, 0.3) is 0 Å². The number of likely N-dealkylation sites (N-methyl/N-ethyl adjacent to an activating group) is 1. The summed E-state index contributed by atoms with van der Waals surface area (Å²) in [6.45, 7) is 12.7. The van der Waals surface area contributed by atoms with E-state index >= 15 is 0 Å². The van der Waals surface area contributed by atoms with E-state index in [2.05, 4.69) is 55.1 Å². The van der Waals surface area contributed by atoms with Crippen molar-refractivity contribution in [3.8, 4) is 0 Å². The van der Waals surface area contributed by atoms with Gasteiger partial charge < -0.3 is 10.2 Å². The number of carbonyl (C=O) groups is 1. The van der Waals surface area contributed by atoms with Crippen molar-refractivity contribution in [2.45, 2.75) is 32.6 Å². The van der Waals surface area contributed by atoms with Crippen LogP contribution in [0.3, 0.4) is 0 Å². The van der Waals surface area contributed by atoms with Gasteiger partial charge in [-0.1, -0.05) is 32.9 Å². The van der Waals surface area contributed by atoms with Gasteiger partial charge in [-0.05, 0) is 36.6 Å². The molecule has 1 amide bonds. The molecule has 4 heteroatoms. The molecule has 1 aliphatic heterocycles. The van der Waals surface area contributed by atoms with Crippen LogP contribution in [0.2, 0.25) is 0 Å². The smallest absolute Gasteiger partial charge is 0.251 e. The van der Waals surface area contributed by atoms with E-state index < -0.39 is 0 Å². The van der Waals surface area contributed by atoms with E-state index in [0.29, 0.717) is 6.54 Å². The van der Waals surface area contributed by atoms with E-state index in [1.165, 1.54) is 5.56 Å². The molecule has 0 aromatic heterocycles. The molecule has 0 unspecified atom stereocenters. The third-order valence-electron chi connectivity index (χ3n) is 5.12. The highest BCUT2D eigenvalue weighted by molar-refractivity contribution is 5.94. The molecular formula is C19H31N3O. The average molecular weight is 317 g/mol. The molecular weight excluding hydrogens is 286 g/mol. The minimum atomic E-state index is 0.0278. The molecule has 1 aromatic carbocycles. The minimum Gasteiger partial charge on any atom is -0.351 e. The molecule has 4 nitrogen and oxygen atoms in total. The fraction of sp³-hybridized carbons (Fsp3) is 0.632. The predicted molar refractivity (Wildman–Crippen MR) is 96.0 cm³/mol. The Morgan fingerprint density at radius 3 is 2.30 bits per heavy atom. The Hall–Kier alpha value is -1.39. The van der Waals surface area contributed by atoms with Crippen molar-refractivity contribution in [1.82, 2.24) is 15.1 Å². The van der Waals surface area contributed by atoms with E-state index in [1.807, 2.05) is 12.1 Å². The van der Waals surface area contributed by atoms with Crippen LogP contribution in [0.4, 0.5) is 0 Å². The van der Waals surface area contributed by atoms with Crippen molar-refractivity contribution >= 4 is 5.91 Å². The maximum atomic E-state index is 12.2. The quantitative estimate of drug-likeness (QED) is 0.875. The van der Waals surface area contributed by atoms with Crippen molar-refractivity contribution in [3.05, 3.63) is 35.4 Å². The minimum absolute atomic E-state index is 0.0278. The van der Waals surface area contributed by atoms with Crippen LogP contribution in [0, 0.1) is 0 Å². The van der Waals surface area contributed by atoms with Crippen molar-refractivity contribution in [1.29, 1.82) is 0 Å². The largest absolute Gasteiger partial charge is 0.351 e. The van der Waals surface area contributed by atoms with Gasteiger partial charge in [0.1, 0.15) is 0 Å². The van der Waals surface area contributed by atoms with E-state index in [-0.39, 0.29) is 11.3 Å². The molecule has 0 bridgehead atoms. The second kappa shape index (κ2) is 7.93. The zero-order valence-electron chi connectivity index (χ0n) is 15.1. The van der Waals surface area contributed by atoms with Crippen LogP contribution in [-0.2, 0) is 5.41 Å². The summed E-state index contributed by atoms with van der Waals surface area (Å²) in [6.07, 6.45) is 1.09. The molecule has 1 aromatic rings. The molecule has 1 fully saturated rings. The fourth-order valence-corrected chi connectivity index (χ4v) is 2.78. The zero-order valence-corrected chi connectivity index (χ0v) is 15.1. The highest BCUT2D eigenvalue weighted by Gasteiger charge is 2.18. The zero-order chi connectivity index (χ0) is 16.9. The highest BCUT2D eigenvalue weighted by Crippen LogP contribution is 2.26. The second-order valence-electron chi connectivity index (χ2n) is 7.22. The van der Waals surface area contributed by atoms with Gasteiger partial charge in [0, 0.05) is 44.8 Å². The van der Waals surface area contributed by atoms with Gasteiger partial charge >= 0.3 is 0 Å². The lowest BCUT2D eigenvalue weighted by molar-refractivity contribution is 0.0941. The first-order chi connectivity index (χ1) is 10.9. The first-order valence-corrected chi connectivity index (χ1v) is 8.72. The molecule has 0 spiro atoms. The Kier molecular flexibility index (Phi) is 6.19. The fourth-order valence-electron chi connectivity index (χ4n) is 2.78. The SMILES string of the molecule is CCC(C)(C)c1ccc(C(=O)NCCN2CCN(C)CC2)cc1. The molecule has 1 N–H and O–H groups in total. The van der Waals surface area contributed by atoms with Crippen LogP contribution in [0.15, 0.2) is 24.3 Å². The van der Waals surface area contributed by atoms with Gasteiger partial charge in [0.05, 0.1) is 0 Å².